The topological polar surface area (TPSA) is 50.2 Å². The van der Waals surface area contributed by atoms with Crippen LogP contribution in [0.2, 0.25) is 0 Å². The second-order valence-corrected chi connectivity index (χ2v) is 6.39. The van der Waals surface area contributed by atoms with Gasteiger partial charge < -0.3 is 5.32 Å². The van der Waals surface area contributed by atoms with E-state index in [0.29, 0.717) is 18.1 Å². The van der Waals surface area contributed by atoms with Crippen LogP contribution in [0.1, 0.15) is 30.0 Å². The molecular weight excluding hydrogens is 346 g/mol. The summed E-state index contributed by atoms with van der Waals surface area (Å²) in [5.74, 6) is -0.548. The number of hydrogen-bond acceptors (Lipinski definition) is 4. The first-order valence-corrected chi connectivity index (χ1v) is 8.77. The Labute approximate surface area is 156 Å². The minimum Gasteiger partial charge on any atom is -0.357 e. The van der Waals surface area contributed by atoms with Crippen LogP contribution in [0, 0.1) is 11.6 Å². The van der Waals surface area contributed by atoms with E-state index in [0.717, 1.165) is 23.1 Å². The molecule has 136 valence electrons. The van der Waals surface area contributed by atoms with Crippen molar-refractivity contribution in [3.8, 4) is 11.1 Å². The van der Waals surface area contributed by atoms with Gasteiger partial charge in [0.2, 0.25) is 5.95 Å². The molecule has 0 fully saturated rings. The fourth-order valence-electron chi connectivity index (χ4n) is 3.30. The first kappa shape index (κ1) is 17.3. The molecule has 1 unspecified atom stereocenters. The number of benzene rings is 2. The van der Waals surface area contributed by atoms with Crippen LogP contribution in [0.25, 0.3) is 11.1 Å². The third-order valence-electron chi connectivity index (χ3n) is 4.72. The van der Waals surface area contributed by atoms with Crippen molar-refractivity contribution in [2.24, 2.45) is 4.99 Å². The summed E-state index contributed by atoms with van der Waals surface area (Å²) in [5.41, 5.74) is 3.45. The zero-order chi connectivity index (χ0) is 18.8. The van der Waals surface area contributed by atoms with Crippen molar-refractivity contribution in [3.05, 3.63) is 77.6 Å². The van der Waals surface area contributed by atoms with E-state index in [2.05, 4.69) is 20.3 Å². The molecule has 1 aliphatic rings. The van der Waals surface area contributed by atoms with Crippen LogP contribution >= 0.6 is 0 Å². The molecule has 6 heteroatoms. The minimum absolute atomic E-state index is 0.00149. The van der Waals surface area contributed by atoms with Crippen LogP contribution in [0.4, 0.5) is 14.7 Å². The van der Waals surface area contributed by atoms with Gasteiger partial charge in [-0.1, -0.05) is 30.3 Å². The van der Waals surface area contributed by atoms with E-state index in [1.54, 1.807) is 19.4 Å². The van der Waals surface area contributed by atoms with E-state index < -0.39 is 11.6 Å². The van der Waals surface area contributed by atoms with E-state index in [1.165, 1.54) is 18.2 Å². The Morgan fingerprint density at radius 3 is 2.22 bits per heavy atom. The monoisotopic (exact) mass is 364 g/mol. The van der Waals surface area contributed by atoms with Crippen molar-refractivity contribution in [2.75, 3.05) is 12.4 Å². The second-order valence-electron chi connectivity index (χ2n) is 6.39. The molecule has 0 saturated heterocycles. The molecule has 1 atom stereocenters. The minimum atomic E-state index is -0.560. The maximum absolute atomic E-state index is 14.0. The molecular formula is C21H18F2N4. The number of anilines is 1. The van der Waals surface area contributed by atoms with Gasteiger partial charge in [-0.15, -0.1) is 0 Å². The number of aromatic nitrogens is 2. The lowest BCUT2D eigenvalue weighted by Gasteiger charge is -2.08. The summed E-state index contributed by atoms with van der Waals surface area (Å²) in [7, 11) is 1.77. The Kier molecular flexibility index (Phi) is 4.62. The van der Waals surface area contributed by atoms with Gasteiger partial charge in [-0.3, -0.25) is 4.99 Å². The first-order chi connectivity index (χ1) is 13.2. The lowest BCUT2D eigenvalue weighted by atomic mass is 10.0. The highest BCUT2D eigenvalue weighted by molar-refractivity contribution is 6.02. The molecule has 0 bridgehead atoms. The fraction of sp³-hybridized carbons (Fsp3) is 0.190. The van der Waals surface area contributed by atoms with Gasteiger partial charge in [-0.2, -0.15) is 0 Å². The third-order valence-corrected chi connectivity index (χ3v) is 4.72. The van der Waals surface area contributed by atoms with E-state index in [1.807, 2.05) is 24.3 Å². The van der Waals surface area contributed by atoms with E-state index in [-0.39, 0.29) is 11.6 Å². The molecule has 1 aromatic heterocycles. The van der Waals surface area contributed by atoms with E-state index >= 15 is 0 Å². The number of aliphatic imine (C=N–C) groups is 1. The Hall–Kier alpha value is -3.15. The molecule has 0 amide bonds. The Bertz CT molecular complexity index is 962. The average Bonchev–Trinajstić information content (AvgIpc) is 3.18. The molecule has 4 nitrogen and oxygen atoms in total. The van der Waals surface area contributed by atoms with E-state index in [9.17, 15) is 8.78 Å². The lowest BCUT2D eigenvalue weighted by Crippen LogP contribution is -2.03. The first-order valence-electron chi connectivity index (χ1n) is 8.77. The number of hydrogen-bond donors (Lipinski definition) is 1. The van der Waals surface area contributed by atoms with Crippen LogP contribution in [-0.4, -0.2) is 22.7 Å². The summed E-state index contributed by atoms with van der Waals surface area (Å²) in [6.07, 6.45) is 4.83. The van der Waals surface area contributed by atoms with Crippen LogP contribution in [0.5, 0.6) is 0 Å². The Morgan fingerprint density at radius 2 is 1.59 bits per heavy atom. The zero-order valence-corrected chi connectivity index (χ0v) is 14.8. The number of nitrogens with one attached hydrogen (secondary N) is 1. The molecule has 2 heterocycles. The third kappa shape index (κ3) is 3.43. The summed E-state index contributed by atoms with van der Waals surface area (Å²) in [6, 6.07) is 11.8. The van der Waals surface area contributed by atoms with Crippen LogP contribution in [0.3, 0.4) is 0 Å². The van der Waals surface area contributed by atoms with Gasteiger partial charge in [0.05, 0.1) is 11.6 Å². The van der Waals surface area contributed by atoms with Crippen molar-refractivity contribution in [1.29, 1.82) is 0 Å². The van der Waals surface area contributed by atoms with E-state index in [4.69, 9.17) is 0 Å². The van der Waals surface area contributed by atoms with Crippen molar-refractivity contribution < 1.29 is 8.78 Å². The molecule has 0 saturated carbocycles. The molecule has 2 aromatic carbocycles. The van der Waals surface area contributed by atoms with Crippen molar-refractivity contribution >= 4 is 11.7 Å². The molecule has 3 aromatic rings. The fourth-order valence-corrected chi connectivity index (χ4v) is 3.30. The molecule has 0 radical (unpaired) electrons. The molecule has 1 N–H and O–H groups in total. The Morgan fingerprint density at radius 1 is 0.926 bits per heavy atom. The van der Waals surface area contributed by atoms with Crippen LogP contribution in [-0.2, 0) is 0 Å². The highest BCUT2D eigenvalue weighted by Gasteiger charge is 2.24. The number of rotatable bonds is 4. The summed E-state index contributed by atoms with van der Waals surface area (Å²) >= 11 is 0. The van der Waals surface area contributed by atoms with Gasteiger partial charge in [-0.05, 0) is 36.1 Å². The average molecular weight is 364 g/mol. The smallest absolute Gasteiger partial charge is 0.222 e. The van der Waals surface area contributed by atoms with Crippen molar-refractivity contribution in [3.63, 3.8) is 0 Å². The van der Waals surface area contributed by atoms with Gasteiger partial charge in [0.15, 0.2) is 0 Å². The summed E-state index contributed by atoms with van der Waals surface area (Å²) in [6.45, 7) is 0. The SMILES string of the molecule is CNc1ncc(-c2ccc(C3CCC(c4c(F)cccc4F)=N3)cc2)cn1. The zero-order valence-electron chi connectivity index (χ0n) is 14.8. The van der Waals surface area contributed by atoms with Crippen molar-refractivity contribution in [2.45, 2.75) is 18.9 Å². The summed E-state index contributed by atoms with van der Waals surface area (Å²) < 4.78 is 28.0. The van der Waals surface area contributed by atoms with Crippen LogP contribution < -0.4 is 5.32 Å². The molecule has 0 spiro atoms. The summed E-state index contributed by atoms with van der Waals surface area (Å²) in [4.78, 5) is 13.0. The van der Waals surface area contributed by atoms with Gasteiger partial charge in [0, 0.05) is 30.7 Å². The summed E-state index contributed by atoms with van der Waals surface area (Å²) in [5, 5.41) is 2.89. The standard InChI is InChI=1S/C21H18F2N4/c1-24-21-25-11-15(12-26-21)13-5-7-14(8-6-13)18-9-10-19(27-18)20-16(22)3-2-4-17(20)23/h2-8,11-12,18H,9-10H2,1H3,(H,24,25,26). The lowest BCUT2D eigenvalue weighted by molar-refractivity contribution is 0.578. The second kappa shape index (κ2) is 7.23. The quantitative estimate of drug-likeness (QED) is 0.724. The van der Waals surface area contributed by atoms with Gasteiger partial charge in [0.25, 0.3) is 0 Å². The van der Waals surface area contributed by atoms with Gasteiger partial charge in [0.1, 0.15) is 11.6 Å². The highest BCUT2D eigenvalue weighted by Crippen LogP contribution is 2.33. The predicted octanol–water partition coefficient (Wildman–Crippen LogP) is 4.79. The molecule has 1 aliphatic heterocycles. The molecule has 27 heavy (non-hydrogen) atoms. The Balaban J connectivity index is 1.57. The molecule has 4 rings (SSSR count). The largest absolute Gasteiger partial charge is 0.357 e. The highest BCUT2D eigenvalue weighted by atomic mass is 19.1. The van der Waals surface area contributed by atoms with Gasteiger partial charge in [-0.25, -0.2) is 18.7 Å². The van der Waals surface area contributed by atoms with Crippen molar-refractivity contribution in [1.82, 2.24) is 9.97 Å². The molecule has 0 aliphatic carbocycles. The number of halogens is 2. The van der Waals surface area contributed by atoms with Gasteiger partial charge >= 0.3 is 0 Å². The predicted molar refractivity (Wildman–Crippen MR) is 102 cm³/mol. The maximum atomic E-state index is 14.0. The maximum Gasteiger partial charge on any atom is 0.222 e. The van der Waals surface area contributed by atoms with Crippen LogP contribution in [0.15, 0.2) is 59.9 Å². The normalized spacial score (nSPS) is 16.3. The number of nitrogens with zero attached hydrogens (tertiary/aromatic N) is 3.